The Labute approximate surface area is 156 Å². The molecular weight excluding hydrogens is 324 g/mol. The highest BCUT2D eigenvalue weighted by atomic mass is 16.7. The van der Waals surface area contributed by atoms with Crippen LogP contribution in [0.4, 0.5) is 0 Å². The lowest BCUT2D eigenvalue weighted by molar-refractivity contribution is -0.105. The first-order chi connectivity index (χ1) is 12.7. The number of benzene rings is 2. The molecule has 0 radical (unpaired) electrons. The average Bonchev–Trinajstić information content (AvgIpc) is 2.69. The van der Waals surface area contributed by atoms with Gasteiger partial charge in [-0.3, -0.25) is 0 Å². The fourth-order valence-corrected chi connectivity index (χ4v) is 3.54. The van der Waals surface area contributed by atoms with Crippen molar-refractivity contribution in [2.75, 3.05) is 6.61 Å². The molecule has 2 aromatic carbocycles. The van der Waals surface area contributed by atoms with E-state index in [1.165, 1.54) is 16.7 Å². The summed E-state index contributed by atoms with van der Waals surface area (Å²) < 4.78 is 11.6. The van der Waals surface area contributed by atoms with Crippen molar-refractivity contribution < 1.29 is 14.6 Å². The van der Waals surface area contributed by atoms with Crippen LogP contribution >= 0.6 is 0 Å². The van der Waals surface area contributed by atoms with Crippen LogP contribution in [0, 0.1) is 0 Å². The molecule has 1 saturated heterocycles. The lowest BCUT2D eigenvalue weighted by Crippen LogP contribution is -2.24. The fraction of sp³-hybridized carbons (Fsp3) is 0.391. The molecule has 1 heterocycles. The molecule has 0 aromatic heterocycles. The van der Waals surface area contributed by atoms with Crippen LogP contribution in [0.15, 0.2) is 48.5 Å². The van der Waals surface area contributed by atoms with Crippen molar-refractivity contribution in [1.82, 2.24) is 0 Å². The first kappa shape index (κ1) is 18.5. The van der Waals surface area contributed by atoms with Gasteiger partial charge >= 0.3 is 0 Å². The third-order valence-electron chi connectivity index (χ3n) is 4.90. The van der Waals surface area contributed by atoms with Gasteiger partial charge in [-0.25, -0.2) is 0 Å². The number of hydrogen-bond acceptors (Lipinski definition) is 3. The number of hydrogen-bond donors (Lipinski definition) is 1. The summed E-state index contributed by atoms with van der Waals surface area (Å²) in [6, 6.07) is 15.8. The normalized spacial score (nSPS) is 18.3. The van der Waals surface area contributed by atoms with Gasteiger partial charge in [-0.15, -0.1) is 0 Å². The molecule has 1 fully saturated rings. The van der Waals surface area contributed by atoms with Crippen molar-refractivity contribution in [3.05, 3.63) is 59.7 Å². The van der Waals surface area contributed by atoms with E-state index in [4.69, 9.17) is 9.47 Å². The molecule has 1 aliphatic heterocycles. The van der Waals surface area contributed by atoms with Gasteiger partial charge in [-0.1, -0.05) is 38.1 Å². The van der Waals surface area contributed by atoms with Gasteiger partial charge in [-0.2, -0.15) is 0 Å². The zero-order valence-electron chi connectivity index (χ0n) is 15.7. The van der Waals surface area contributed by atoms with E-state index in [-0.39, 0.29) is 6.29 Å². The molecule has 1 unspecified atom stereocenters. The number of rotatable bonds is 6. The Kier molecular flexibility index (Phi) is 6.35. The molecule has 0 saturated carbocycles. The maximum Gasteiger partial charge on any atom is 0.199 e. The smallest absolute Gasteiger partial charge is 0.199 e. The van der Waals surface area contributed by atoms with Crippen LogP contribution in [0.5, 0.6) is 11.5 Å². The number of allylic oxidation sites excluding steroid dienone is 2. The Bertz CT molecular complexity index is 723. The van der Waals surface area contributed by atoms with Crippen LogP contribution < -0.4 is 4.74 Å². The maximum absolute atomic E-state index is 9.55. The van der Waals surface area contributed by atoms with E-state index in [0.717, 1.165) is 50.0 Å². The molecule has 0 spiro atoms. The molecule has 1 aliphatic rings. The Balaban J connectivity index is 1.83. The van der Waals surface area contributed by atoms with Crippen LogP contribution in [0.25, 0.3) is 11.1 Å². The topological polar surface area (TPSA) is 38.7 Å². The Morgan fingerprint density at radius 2 is 1.50 bits per heavy atom. The van der Waals surface area contributed by atoms with Gasteiger partial charge in [0.1, 0.15) is 11.5 Å². The molecule has 3 rings (SSSR count). The van der Waals surface area contributed by atoms with Gasteiger partial charge in [0.25, 0.3) is 0 Å². The van der Waals surface area contributed by atoms with Crippen molar-refractivity contribution in [3.8, 4) is 11.5 Å². The van der Waals surface area contributed by atoms with E-state index >= 15 is 0 Å². The number of phenolic OH excluding ortho intramolecular Hbond substituents is 1. The minimum absolute atomic E-state index is 0.112. The first-order valence-corrected chi connectivity index (χ1v) is 9.61. The molecule has 138 valence electrons. The summed E-state index contributed by atoms with van der Waals surface area (Å²) in [6.07, 6.45) is 5.04. The van der Waals surface area contributed by atoms with Crippen molar-refractivity contribution in [2.24, 2.45) is 0 Å². The largest absolute Gasteiger partial charge is 0.508 e. The SMILES string of the molecule is CCC(=C(CC)c1ccc(OC2CCCCO2)cc1)c1ccc(O)cc1. The first-order valence-electron chi connectivity index (χ1n) is 9.61. The Morgan fingerprint density at radius 1 is 0.923 bits per heavy atom. The van der Waals surface area contributed by atoms with E-state index in [9.17, 15) is 5.11 Å². The van der Waals surface area contributed by atoms with Gasteiger partial charge in [-0.05, 0) is 72.2 Å². The highest BCUT2D eigenvalue weighted by molar-refractivity contribution is 5.90. The predicted octanol–water partition coefficient (Wildman–Crippen LogP) is 6.03. The van der Waals surface area contributed by atoms with Crippen LogP contribution in [0.2, 0.25) is 0 Å². The van der Waals surface area contributed by atoms with E-state index in [1.807, 2.05) is 24.3 Å². The quantitative estimate of drug-likeness (QED) is 0.645. The van der Waals surface area contributed by atoms with Gasteiger partial charge < -0.3 is 14.6 Å². The summed E-state index contributed by atoms with van der Waals surface area (Å²) in [5.74, 6) is 1.16. The van der Waals surface area contributed by atoms with E-state index in [1.54, 1.807) is 12.1 Å². The third kappa shape index (κ3) is 4.47. The summed E-state index contributed by atoms with van der Waals surface area (Å²) >= 11 is 0. The van der Waals surface area contributed by atoms with Crippen molar-refractivity contribution in [2.45, 2.75) is 52.2 Å². The summed E-state index contributed by atoms with van der Waals surface area (Å²) in [7, 11) is 0. The lowest BCUT2D eigenvalue weighted by atomic mass is 9.91. The molecule has 3 heteroatoms. The van der Waals surface area contributed by atoms with E-state index in [0.29, 0.717) is 5.75 Å². The maximum atomic E-state index is 9.55. The second kappa shape index (κ2) is 8.91. The highest BCUT2D eigenvalue weighted by Crippen LogP contribution is 2.33. The molecule has 0 bridgehead atoms. The minimum atomic E-state index is -0.112. The van der Waals surface area contributed by atoms with Gasteiger partial charge in [0.2, 0.25) is 0 Å². The van der Waals surface area contributed by atoms with Gasteiger partial charge in [0.15, 0.2) is 6.29 Å². The fourth-order valence-electron chi connectivity index (χ4n) is 3.54. The minimum Gasteiger partial charge on any atom is -0.508 e. The summed E-state index contributed by atoms with van der Waals surface area (Å²) in [6.45, 7) is 5.15. The zero-order chi connectivity index (χ0) is 18.4. The second-order valence-corrected chi connectivity index (χ2v) is 6.65. The van der Waals surface area contributed by atoms with Crippen LogP contribution in [-0.4, -0.2) is 18.0 Å². The highest BCUT2D eigenvalue weighted by Gasteiger charge is 2.15. The van der Waals surface area contributed by atoms with Crippen molar-refractivity contribution in [3.63, 3.8) is 0 Å². The summed E-state index contributed by atoms with van der Waals surface area (Å²) in [5, 5.41) is 9.55. The molecule has 1 N–H and O–H groups in total. The second-order valence-electron chi connectivity index (χ2n) is 6.65. The number of aromatic hydroxyl groups is 1. The average molecular weight is 352 g/mol. The molecule has 0 amide bonds. The van der Waals surface area contributed by atoms with Crippen LogP contribution in [0.3, 0.4) is 0 Å². The van der Waals surface area contributed by atoms with E-state index in [2.05, 4.69) is 26.0 Å². The standard InChI is InChI=1S/C23H28O3/c1-3-21(17-8-12-19(24)13-9-17)22(4-2)18-10-14-20(15-11-18)26-23-7-5-6-16-25-23/h8-15,23-24H,3-7,16H2,1-2H3. The Hall–Kier alpha value is -2.26. The molecule has 2 aromatic rings. The predicted molar refractivity (Wildman–Crippen MR) is 106 cm³/mol. The molecular formula is C23H28O3. The molecule has 0 aliphatic carbocycles. The number of ether oxygens (including phenoxy) is 2. The zero-order valence-corrected chi connectivity index (χ0v) is 15.7. The van der Waals surface area contributed by atoms with E-state index < -0.39 is 0 Å². The van der Waals surface area contributed by atoms with Gasteiger partial charge in [0, 0.05) is 6.42 Å². The van der Waals surface area contributed by atoms with Crippen molar-refractivity contribution in [1.29, 1.82) is 0 Å². The Morgan fingerprint density at radius 3 is 2.00 bits per heavy atom. The van der Waals surface area contributed by atoms with Crippen LogP contribution in [-0.2, 0) is 4.74 Å². The third-order valence-corrected chi connectivity index (χ3v) is 4.90. The molecule has 1 atom stereocenters. The monoisotopic (exact) mass is 352 g/mol. The summed E-state index contributed by atoms with van der Waals surface area (Å²) in [4.78, 5) is 0. The molecule has 26 heavy (non-hydrogen) atoms. The van der Waals surface area contributed by atoms with Crippen molar-refractivity contribution >= 4 is 11.1 Å². The molecule has 3 nitrogen and oxygen atoms in total. The summed E-state index contributed by atoms with van der Waals surface area (Å²) in [5.41, 5.74) is 5.03. The van der Waals surface area contributed by atoms with Gasteiger partial charge in [0.05, 0.1) is 6.61 Å². The lowest BCUT2D eigenvalue weighted by Gasteiger charge is -2.23. The van der Waals surface area contributed by atoms with Crippen LogP contribution in [0.1, 0.15) is 57.1 Å². The number of phenols is 1.